The average molecular weight is 487 g/mol. The van der Waals surface area contributed by atoms with Gasteiger partial charge in [0.1, 0.15) is 6.10 Å². The molecule has 9 heteroatoms. The maximum absolute atomic E-state index is 13.5. The first-order valence-electron chi connectivity index (χ1n) is 8.01. The summed E-state index contributed by atoms with van der Waals surface area (Å²) in [5.41, 5.74) is 0. The van der Waals surface area contributed by atoms with Crippen LogP contribution in [0.1, 0.15) is 20.8 Å². The van der Waals surface area contributed by atoms with Gasteiger partial charge in [-0.2, -0.15) is 0 Å². The number of halogens is 2. The summed E-state index contributed by atoms with van der Waals surface area (Å²) in [5.74, 6) is 0.452. The third-order valence-corrected chi connectivity index (χ3v) is 4.87. The molecule has 1 aromatic carbocycles. The van der Waals surface area contributed by atoms with Crippen LogP contribution in [0.15, 0.2) is 29.3 Å². The van der Waals surface area contributed by atoms with E-state index < -0.39 is 15.7 Å². The molecular formula is C16H27FIN3O3S. The van der Waals surface area contributed by atoms with Crippen LogP contribution in [0.3, 0.4) is 0 Å². The molecule has 1 unspecified atom stereocenters. The molecule has 144 valence electrons. The predicted octanol–water partition coefficient (Wildman–Crippen LogP) is 2.20. The monoisotopic (exact) mass is 487 g/mol. The molecular weight excluding hydrogens is 460 g/mol. The van der Waals surface area contributed by atoms with Crippen LogP contribution >= 0.6 is 24.0 Å². The average Bonchev–Trinajstić information content (AvgIpc) is 2.54. The second-order valence-corrected chi connectivity index (χ2v) is 7.71. The van der Waals surface area contributed by atoms with E-state index in [2.05, 4.69) is 15.6 Å². The summed E-state index contributed by atoms with van der Waals surface area (Å²) in [4.78, 5) is 4.34. The fraction of sp³-hybridized carbons (Fsp3) is 0.562. The number of benzene rings is 1. The van der Waals surface area contributed by atoms with Crippen molar-refractivity contribution in [1.82, 2.24) is 10.6 Å². The van der Waals surface area contributed by atoms with Crippen molar-refractivity contribution in [3.63, 3.8) is 0 Å². The molecule has 25 heavy (non-hydrogen) atoms. The minimum absolute atomic E-state index is 0. The van der Waals surface area contributed by atoms with Crippen molar-refractivity contribution in [2.75, 3.05) is 31.1 Å². The lowest BCUT2D eigenvalue weighted by Crippen LogP contribution is -2.40. The molecule has 0 heterocycles. The molecule has 0 aliphatic carbocycles. The largest absolute Gasteiger partial charge is 0.486 e. The van der Waals surface area contributed by atoms with Gasteiger partial charge in [0.2, 0.25) is 0 Å². The van der Waals surface area contributed by atoms with E-state index in [1.807, 2.05) is 6.92 Å². The van der Waals surface area contributed by atoms with Gasteiger partial charge in [-0.25, -0.2) is 17.8 Å². The van der Waals surface area contributed by atoms with Crippen LogP contribution in [0.25, 0.3) is 0 Å². The van der Waals surface area contributed by atoms with Gasteiger partial charge in [0.15, 0.2) is 27.4 Å². The first-order chi connectivity index (χ1) is 11.4. The summed E-state index contributed by atoms with van der Waals surface area (Å²) in [5, 5.41) is 6.00. The van der Waals surface area contributed by atoms with Gasteiger partial charge in [0, 0.05) is 18.8 Å². The standard InChI is InChI=1S/C16H26FN3O3S.HI/c1-4-18-16(19-10-11-24(21,22)5-2)20-12-13(3)23-15-9-7-6-8-14(15)17;/h6-9,13H,4-5,10-12H2,1-3H3,(H2,18,19,20);1H. The predicted molar refractivity (Wildman–Crippen MR) is 110 cm³/mol. The molecule has 0 amide bonds. The zero-order valence-corrected chi connectivity index (χ0v) is 17.9. The smallest absolute Gasteiger partial charge is 0.191 e. The Bertz CT molecular complexity index is 641. The Labute approximate surface area is 166 Å². The van der Waals surface area contributed by atoms with E-state index in [9.17, 15) is 12.8 Å². The van der Waals surface area contributed by atoms with Gasteiger partial charge in [-0.1, -0.05) is 19.1 Å². The molecule has 0 aliphatic rings. The maximum atomic E-state index is 13.5. The Hall–Kier alpha value is -1.10. The minimum Gasteiger partial charge on any atom is -0.486 e. The lowest BCUT2D eigenvalue weighted by atomic mass is 10.3. The third-order valence-electron chi connectivity index (χ3n) is 3.16. The van der Waals surface area contributed by atoms with Crippen molar-refractivity contribution in [2.45, 2.75) is 26.9 Å². The molecule has 1 atom stereocenters. The molecule has 0 radical (unpaired) electrons. The Morgan fingerprint density at radius 3 is 2.56 bits per heavy atom. The number of aliphatic imine (C=N–C) groups is 1. The maximum Gasteiger partial charge on any atom is 0.191 e. The first kappa shape index (κ1) is 23.9. The van der Waals surface area contributed by atoms with Gasteiger partial charge < -0.3 is 15.4 Å². The van der Waals surface area contributed by atoms with Crippen molar-refractivity contribution in [2.24, 2.45) is 4.99 Å². The van der Waals surface area contributed by atoms with E-state index in [4.69, 9.17) is 4.74 Å². The van der Waals surface area contributed by atoms with Gasteiger partial charge in [-0.3, -0.25) is 0 Å². The number of ether oxygens (including phenoxy) is 1. The lowest BCUT2D eigenvalue weighted by Gasteiger charge is -2.15. The number of guanidine groups is 1. The van der Waals surface area contributed by atoms with Gasteiger partial charge in [-0.05, 0) is 26.0 Å². The van der Waals surface area contributed by atoms with Crippen molar-refractivity contribution < 1.29 is 17.5 Å². The molecule has 0 saturated heterocycles. The van der Waals surface area contributed by atoms with Crippen LogP contribution in [-0.4, -0.2) is 51.6 Å². The normalized spacial score (nSPS) is 12.9. The highest BCUT2D eigenvalue weighted by atomic mass is 127. The molecule has 6 nitrogen and oxygen atoms in total. The molecule has 1 aromatic rings. The fourth-order valence-electron chi connectivity index (χ4n) is 1.83. The number of nitrogens with zero attached hydrogens (tertiary/aromatic N) is 1. The van der Waals surface area contributed by atoms with Crippen LogP contribution in [-0.2, 0) is 9.84 Å². The van der Waals surface area contributed by atoms with Gasteiger partial charge in [-0.15, -0.1) is 24.0 Å². The Morgan fingerprint density at radius 2 is 1.96 bits per heavy atom. The van der Waals surface area contributed by atoms with Gasteiger partial charge in [0.25, 0.3) is 0 Å². The van der Waals surface area contributed by atoms with E-state index in [1.165, 1.54) is 6.07 Å². The summed E-state index contributed by atoms with van der Waals surface area (Å²) >= 11 is 0. The zero-order valence-electron chi connectivity index (χ0n) is 14.8. The van der Waals surface area contributed by atoms with Crippen molar-refractivity contribution in [3.8, 4) is 5.75 Å². The van der Waals surface area contributed by atoms with Crippen LogP contribution in [0.2, 0.25) is 0 Å². The number of nitrogens with one attached hydrogen (secondary N) is 2. The van der Waals surface area contributed by atoms with Crippen molar-refractivity contribution in [3.05, 3.63) is 30.1 Å². The van der Waals surface area contributed by atoms with Crippen LogP contribution in [0.5, 0.6) is 5.75 Å². The molecule has 0 aliphatic heterocycles. The molecule has 0 spiro atoms. The van der Waals surface area contributed by atoms with E-state index in [0.717, 1.165) is 0 Å². The fourth-order valence-corrected chi connectivity index (χ4v) is 2.53. The Morgan fingerprint density at radius 1 is 1.28 bits per heavy atom. The highest BCUT2D eigenvalue weighted by Crippen LogP contribution is 2.16. The van der Waals surface area contributed by atoms with Crippen molar-refractivity contribution in [1.29, 1.82) is 0 Å². The SMILES string of the molecule is CCNC(=NCC(C)Oc1ccccc1F)NCCS(=O)(=O)CC.I. The molecule has 0 aromatic heterocycles. The second-order valence-electron chi connectivity index (χ2n) is 5.24. The highest BCUT2D eigenvalue weighted by Gasteiger charge is 2.09. The summed E-state index contributed by atoms with van der Waals surface area (Å²) in [6.07, 6.45) is -0.322. The molecule has 0 saturated carbocycles. The number of rotatable bonds is 9. The lowest BCUT2D eigenvalue weighted by molar-refractivity contribution is 0.220. The summed E-state index contributed by atoms with van der Waals surface area (Å²) in [6.45, 7) is 6.57. The van der Waals surface area contributed by atoms with E-state index >= 15 is 0 Å². The van der Waals surface area contributed by atoms with E-state index in [-0.39, 0.29) is 53.9 Å². The van der Waals surface area contributed by atoms with E-state index in [1.54, 1.807) is 32.0 Å². The zero-order chi connectivity index (χ0) is 18.0. The second kappa shape index (κ2) is 12.3. The molecule has 0 bridgehead atoms. The highest BCUT2D eigenvalue weighted by molar-refractivity contribution is 14.0. The summed E-state index contributed by atoms with van der Waals surface area (Å²) in [6, 6.07) is 6.20. The number of para-hydroxylation sites is 1. The Balaban J connectivity index is 0.00000576. The van der Waals surface area contributed by atoms with E-state index in [0.29, 0.717) is 19.0 Å². The van der Waals surface area contributed by atoms with Crippen molar-refractivity contribution >= 4 is 39.8 Å². The van der Waals surface area contributed by atoms with Crippen LogP contribution < -0.4 is 15.4 Å². The summed E-state index contributed by atoms with van der Waals surface area (Å²) in [7, 11) is -3.02. The quantitative estimate of drug-likeness (QED) is 0.317. The molecule has 1 rings (SSSR count). The van der Waals surface area contributed by atoms with Gasteiger partial charge in [0.05, 0.1) is 12.3 Å². The summed E-state index contributed by atoms with van der Waals surface area (Å²) < 4.78 is 42.0. The van der Waals surface area contributed by atoms with Crippen LogP contribution in [0.4, 0.5) is 4.39 Å². The number of hydrogen-bond acceptors (Lipinski definition) is 4. The first-order valence-corrected chi connectivity index (χ1v) is 9.83. The van der Waals surface area contributed by atoms with Gasteiger partial charge >= 0.3 is 0 Å². The number of hydrogen-bond donors (Lipinski definition) is 2. The third kappa shape index (κ3) is 9.83. The topological polar surface area (TPSA) is 79.8 Å². The molecule has 2 N–H and O–H groups in total. The Kier molecular flexibility index (Phi) is 11.7. The molecule has 0 fully saturated rings. The minimum atomic E-state index is -3.02. The van der Waals surface area contributed by atoms with Crippen LogP contribution in [0, 0.1) is 5.82 Å². The number of sulfone groups is 1.